The fourth-order valence-corrected chi connectivity index (χ4v) is 2.04. The Labute approximate surface area is 123 Å². The summed E-state index contributed by atoms with van der Waals surface area (Å²) in [4.78, 5) is 23.5. The van der Waals surface area contributed by atoms with Crippen molar-refractivity contribution in [2.45, 2.75) is 10.7 Å². The van der Waals surface area contributed by atoms with Crippen LogP contribution in [0.2, 0.25) is 0 Å². The van der Waals surface area contributed by atoms with Gasteiger partial charge in [-0.3, -0.25) is 9.59 Å². The van der Waals surface area contributed by atoms with Gasteiger partial charge in [-0.25, -0.2) is 4.68 Å². The highest BCUT2D eigenvalue weighted by atomic mass is 32.2. The van der Waals surface area contributed by atoms with E-state index in [1.807, 2.05) is 0 Å². The Morgan fingerprint density at radius 1 is 1.24 bits per heavy atom. The van der Waals surface area contributed by atoms with Gasteiger partial charge in [-0.1, -0.05) is 11.8 Å². The lowest BCUT2D eigenvalue weighted by Gasteiger charge is -2.06. The maximum Gasteiger partial charge on any atom is 0.288 e. The Balaban J connectivity index is 2.08. The van der Waals surface area contributed by atoms with Crippen LogP contribution in [0.15, 0.2) is 46.1 Å². The first-order chi connectivity index (χ1) is 9.95. The molecule has 0 saturated heterocycles. The number of nitrogens with one attached hydrogen (secondary N) is 1. The molecule has 2 aromatic rings. The third kappa shape index (κ3) is 4.12. The first-order valence-electron chi connectivity index (χ1n) is 5.86. The summed E-state index contributed by atoms with van der Waals surface area (Å²) in [5.74, 6) is -2.97. The molecule has 2 rings (SSSR count). The Morgan fingerprint density at radius 3 is 2.48 bits per heavy atom. The highest BCUT2D eigenvalue weighted by Crippen LogP contribution is 2.26. The van der Waals surface area contributed by atoms with Crippen LogP contribution in [-0.2, 0) is 7.05 Å². The molecule has 0 unspecified atom stereocenters. The maximum absolute atomic E-state index is 12.2. The Hall–Kier alpha value is -2.22. The molecule has 0 saturated carbocycles. The van der Waals surface area contributed by atoms with Crippen LogP contribution in [0.4, 0.5) is 14.5 Å². The van der Waals surface area contributed by atoms with Gasteiger partial charge in [0.25, 0.3) is 17.2 Å². The number of benzene rings is 1. The predicted octanol–water partition coefficient (Wildman–Crippen LogP) is 2.35. The molecule has 0 radical (unpaired) electrons. The number of aromatic nitrogens is 2. The number of hydrogen-bond acceptors (Lipinski definition) is 4. The fourth-order valence-electron chi connectivity index (χ4n) is 1.54. The van der Waals surface area contributed by atoms with Crippen molar-refractivity contribution >= 4 is 23.4 Å². The van der Waals surface area contributed by atoms with Crippen LogP contribution in [0.3, 0.4) is 0 Å². The molecule has 1 aromatic carbocycles. The normalized spacial score (nSPS) is 10.7. The molecule has 1 amide bonds. The van der Waals surface area contributed by atoms with Crippen LogP contribution in [0.5, 0.6) is 0 Å². The van der Waals surface area contributed by atoms with Crippen molar-refractivity contribution in [2.75, 3.05) is 5.32 Å². The number of aryl methyl sites for hydroxylation is 1. The van der Waals surface area contributed by atoms with Gasteiger partial charge in [-0.05, 0) is 30.3 Å². The van der Waals surface area contributed by atoms with Gasteiger partial charge in [0.05, 0.1) is 0 Å². The summed E-state index contributed by atoms with van der Waals surface area (Å²) in [5.41, 5.74) is 0.220. The summed E-state index contributed by atoms with van der Waals surface area (Å²) in [5, 5.41) is 6.39. The van der Waals surface area contributed by atoms with Crippen LogP contribution in [0.1, 0.15) is 10.5 Å². The number of nitrogens with zero attached hydrogens (tertiary/aromatic N) is 2. The van der Waals surface area contributed by atoms with Crippen LogP contribution in [0, 0.1) is 0 Å². The van der Waals surface area contributed by atoms with E-state index >= 15 is 0 Å². The average molecular weight is 311 g/mol. The lowest BCUT2D eigenvalue weighted by atomic mass is 10.3. The first kappa shape index (κ1) is 15.2. The molecule has 0 atom stereocenters. The summed E-state index contributed by atoms with van der Waals surface area (Å²) in [6, 6.07) is 8.57. The van der Waals surface area contributed by atoms with E-state index in [0.717, 1.165) is 4.68 Å². The van der Waals surface area contributed by atoms with E-state index < -0.39 is 11.7 Å². The number of thioether (sulfide) groups is 1. The second kappa shape index (κ2) is 6.49. The minimum atomic E-state index is -2.49. The molecular weight excluding hydrogens is 300 g/mol. The number of alkyl halides is 2. The third-order valence-electron chi connectivity index (χ3n) is 2.53. The number of halogens is 2. The summed E-state index contributed by atoms with van der Waals surface area (Å²) in [7, 11) is 1.44. The number of carbonyl (C=O) groups is 1. The van der Waals surface area contributed by atoms with Crippen LogP contribution in [-0.4, -0.2) is 21.4 Å². The van der Waals surface area contributed by atoms with E-state index in [-0.39, 0.29) is 11.3 Å². The zero-order valence-electron chi connectivity index (χ0n) is 10.9. The number of hydrogen-bond donors (Lipinski definition) is 1. The molecule has 0 aliphatic rings. The zero-order valence-corrected chi connectivity index (χ0v) is 11.7. The molecule has 0 spiro atoms. The Morgan fingerprint density at radius 2 is 1.90 bits per heavy atom. The lowest BCUT2D eigenvalue weighted by Crippen LogP contribution is -2.23. The molecule has 8 heteroatoms. The van der Waals surface area contributed by atoms with Crippen LogP contribution < -0.4 is 10.9 Å². The number of amides is 1. The second-order valence-electron chi connectivity index (χ2n) is 4.04. The van der Waals surface area contributed by atoms with Gasteiger partial charge in [0.1, 0.15) is 5.69 Å². The maximum atomic E-state index is 12.2. The molecule has 1 aromatic heterocycles. The lowest BCUT2D eigenvalue weighted by molar-refractivity contribution is 0.102. The number of rotatable bonds is 4. The highest BCUT2D eigenvalue weighted by molar-refractivity contribution is 7.99. The number of anilines is 1. The zero-order chi connectivity index (χ0) is 15.4. The van der Waals surface area contributed by atoms with E-state index in [2.05, 4.69) is 10.4 Å². The molecule has 21 heavy (non-hydrogen) atoms. The molecule has 0 fully saturated rings. The van der Waals surface area contributed by atoms with Gasteiger partial charge in [0.15, 0.2) is 0 Å². The smallest absolute Gasteiger partial charge is 0.288 e. The monoisotopic (exact) mass is 311 g/mol. The first-order valence-corrected chi connectivity index (χ1v) is 6.74. The minimum absolute atomic E-state index is 0.0862. The Bertz CT molecular complexity index is 701. The predicted molar refractivity (Wildman–Crippen MR) is 75.7 cm³/mol. The molecule has 0 aliphatic heterocycles. The molecule has 5 nitrogen and oxygen atoms in total. The van der Waals surface area contributed by atoms with Crippen molar-refractivity contribution in [1.29, 1.82) is 0 Å². The van der Waals surface area contributed by atoms with Gasteiger partial charge < -0.3 is 5.32 Å². The van der Waals surface area contributed by atoms with E-state index in [1.165, 1.54) is 43.4 Å². The summed E-state index contributed by atoms with van der Waals surface area (Å²) in [6.07, 6.45) is 0. The van der Waals surface area contributed by atoms with Gasteiger partial charge in [-0.2, -0.15) is 13.9 Å². The molecule has 1 heterocycles. The van der Waals surface area contributed by atoms with E-state index in [4.69, 9.17) is 0 Å². The largest absolute Gasteiger partial charge is 0.321 e. The quantitative estimate of drug-likeness (QED) is 0.880. The summed E-state index contributed by atoms with van der Waals surface area (Å²) < 4.78 is 25.4. The molecule has 0 aliphatic carbocycles. The average Bonchev–Trinajstić information content (AvgIpc) is 2.43. The fraction of sp³-hybridized carbons (Fsp3) is 0.154. The van der Waals surface area contributed by atoms with Gasteiger partial charge in [0, 0.05) is 23.7 Å². The summed E-state index contributed by atoms with van der Waals surface area (Å²) in [6.45, 7) is 0. The Kier molecular flexibility index (Phi) is 4.69. The minimum Gasteiger partial charge on any atom is -0.321 e. The van der Waals surface area contributed by atoms with E-state index in [1.54, 1.807) is 0 Å². The van der Waals surface area contributed by atoms with E-state index in [9.17, 15) is 18.4 Å². The van der Waals surface area contributed by atoms with Crippen LogP contribution in [0.25, 0.3) is 0 Å². The van der Waals surface area contributed by atoms with Crippen molar-refractivity contribution in [1.82, 2.24) is 9.78 Å². The van der Waals surface area contributed by atoms with Crippen molar-refractivity contribution in [3.63, 3.8) is 0 Å². The topological polar surface area (TPSA) is 64.0 Å². The molecule has 1 N–H and O–H groups in total. The molecule has 110 valence electrons. The second-order valence-corrected chi connectivity index (χ2v) is 5.10. The summed E-state index contributed by atoms with van der Waals surface area (Å²) >= 11 is 0.430. The highest BCUT2D eigenvalue weighted by Gasteiger charge is 2.10. The van der Waals surface area contributed by atoms with Gasteiger partial charge >= 0.3 is 0 Å². The van der Waals surface area contributed by atoms with Crippen molar-refractivity contribution in [3.05, 3.63) is 52.4 Å². The van der Waals surface area contributed by atoms with E-state index in [0.29, 0.717) is 22.3 Å². The molecule has 0 bridgehead atoms. The molecular formula is C13H11F2N3O2S. The standard InChI is InChI=1S/C13H11F2N3O2S/c1-18-11(19)7-6-10(17-18)12(20)16-8-2-4-9(5-3-8)21-13(14)15/h2-7,13H,1H3,(H,16,20). The van der Waals surface area contributed by atoms with Gasteiger partial charge in [0.2, 0.25) is 0 Å². The van der Waals surface area contributed by atoms with Crippen molar-refractivity contribution in [2.24, 2.45) is 7.05 Å². The SMILES string of the molecule is Cn1nc(C(=O)Nc2ccc(SC(F)F)cc2)ccc1=O. The van der Waals surface area contributed by atoms with Crippen molar-refractivity contribution < 1.29 is 13.6 Å². The van der Waals surface area contributed by atoms with Gasteiger partial charge in [-0.15, -0.1) is 0 Å². The van der Waals surface area contributed by atoms with Crippen molar-refractivity contribution in [3.8, 4) is 0 Å². The number of carbonyl (C=O) groups excluding carboxylic acids is 1. The third-order valence-corrected chi connectivity index (χ3v) is 3.25. The van der Waals surface area contributed by atoms with Crippen LogP contribution >= 0.6 is 11.8 Å².